The Morgan fingerprint density at radius 1 is 1.33 bits per heavy atom. The minimum absolute atomic E-state index is 0.206. The lowest BCUT2D eigenvalue weighted by molar-refractivity contribution is -0.141. The van der Waals surface area contributed by atoms with Crippen LogP contribution >= 0.6 is 0 Å². The van der Waals surface area contributed by atoms with Gasteiger partial charge in [0, 0.05) is 6.92 Å². The fraction of sp³-hybridized carbons (Fsp3) is 0.308. The third-order valence-corrected chi connectivity index (χ3v) is 1.93. The van der Waals surface area contributed by atoms with Gasteiger partial charge in [-0.25, -0.2) is 0 Å². The third-order valence-electron chi connectivity index (χ3n) is 1.93. The van der Waals surface area contributed by atoms with Crippen LogP contribution in [0.25, 0.3) is 6.08 Å². The van der Waals surface area contributed by atoms with Crippen molar-refractivity contribution in [3.8, 4) is 0 Å². The van der Waals surface area contributed by atoms with E-state index in [-0.39, 0.29) is 5.97 Å². The SMILES string of the molecule is CC(=O)OCCCC=Cc1ccccc1. The van der Waals surface area contributed by atoms with Crippen molar-refractivity contribution in [3.05, 3.63) is 42.0 Å². The predicted octanol–water partition coefficient (Wildman–Crippen LogP) is 3.04. The number of benzene rings is 1. The number of carbonyl (C=O) groups is 1. The van der Waals surface area contributed by atoms with Crippen molar-refractivity contribution in [1.82, 2.24) is 0 Å². The second-order valence-electron chi connectivity index (χ2n) is 3.30. The molecule has 0 aromatic heterocycles. The fourth-order valence-electron chi connectivity index (χ4n) is 1.20. The van der Waals surface area contributed by atoms with Crippen molar-refractivity contribution in [1.29, 1.82) is 0 Å². The molecule has 80 valence electrons. The summed E-state index contributed by atoms with van der Waals surface area (Å²) in [6.45, 7) is 1.94. The number of unbranched alkanes of at least 4 members (excludes halogenated alkanes) is 1. The summed E-state index contributed by atoms with van der Waals surface area (Å²) in [6.07, 6.45) is 5.98. The number of hydrogen-bond donors (Lipinski definition) is 0. The van der Waals surface area contributed by atoms with Crippen molar-refractivity contribution in [2.45, 2.75) is 19.8 Å². The molecule has 0 aliphatic carbocycles. The van der Waals surface area contributed by atoms with Crippen molar-refractivity contribution in [2.75, 3.05) is 6.61 Å². The van der Waals surface area contributed by atoms with E-state index in [1.807, 2.05) is 18.2 Å². The molecule has 0 bridgehead atoms. The van der Waals surface area contributed by atoms with Gasteiger partial charge in [0.25, 0.3) is 0 Å². The first-order valence-corrected chi connectivity index (χ1v) is 5.14. The summed E-state index contributed by atoms with van der Waals surface area (Å²) in [6, 6.07) is 10.1. The van der Waals surface area contributed by atoms with E-state index in [9.17, 15) is 4.79 Å². The number of hydrogen-bond acceptors (Lipinski definition) is 2. The lowest BCUT2D eigenvalue weighted by Gasteiger charge is -1.98. The largest absolute Gasteiger partial charge is 0.466 e. The van der Waals surface area contributed by atoms with Crippen LogP contribution in [-0.4, -0.2) is 12.6 Å². The van der Waals surface area contributed by atoms with Crippen LogP contribution in [0.4, 0.5) is 0 Å². The number of allylic oxidation sites excluding steroid dienone is 1. The first kappa shape index (κ1) is 11.5. The van der Waals surface area contributed by atoms with E-state index in [1.54, 1.807) is 0 Å². The van der Waals surface area contributed by atoms with Crippen LogP contribution in [0.5, 0.6) is 0 Å². The van der Waals surface area contributed by atoms with Crippen molar-refractivity contribution < 1.29 is 9.53 Å². The van der Waals surface area contributed by atoms with Gasteiger partial charge in [0.05, 0.1) is 6.61 Å². The highest BCUT2D eigenvalue weighted by Crippen LogP contribution is 2.02. The van der Waals surface area contributed by atoms with Crippen LogP contribution in [0.3, 0.4) is 0 Å². The average molecular weight is 204 g/mol. The summed E-state index contributed by atoms with van der Waals surface area (Å²) in [7, 11) is 0. The monoisotopic (exact) mass is 204 g/mol. The highest BCUT2D eigenvalue weighted by Gasteiger charge is 1.90. The highest BCUT2D eigenvalue weighted by molar-refractivity contribution is 5.65. The molecule has 0 radical (unpaired) electrons. The summed E-state index contributed by atoms with van der Waals surface area (Å²) in [4.78, 5) is 10.5. The smallest absolute Gasteiger partial charge is 0.302 e. The molecule has 0 heterocycles. The van der Waals surface area contributed by atoms with Gasteiger partial charge < -0.3 is 4.74 Å². The number of rotatable bonds is 5. The van der Waals surface area contributed by atoms with Gasteiger partial charge in [-0.15, -0.1) is 0 Å². The summed E-state index contributed by atoms with van der Waals surface area (Å²) in [5, 5.41) is 0. The molecule has 0 saturated heterocycles. The van der Waals surface area contributed by atoms with Gasteiger partial charge in [-0.3, -0.25) is 4.79 Å². The molecule has 0 unspecified atom stereocenters. The molecular weight excluding hydrogens is 188 g/mol. The quantitative estimate of drug-likeness (QED) is 0.544. The lowest BCUT2D eigenvalue weighted by Crippen LogP contribution is -1.99. The van der Waals surface area contributed by atoms with E-state index in [0.717, 1.165) is 12.8 Å². The fourth-order valence-corrected chi connectivity index (χ4v) is 1.20. The first-order valence-electron chi connectivity index (χ1n) is 5.14. The molecule has 0 aliphatic heterocycles. The second kappa shape index (κ2) is 6.82. The van der Waals surface area contributed by atoms with Crippen LogP contribution in [0, 0.1) is 0 Å². The maximum atomic E-state index is 10.5. The van der Waals surface area contributed by atoms with Gasteiger partial charge in [0.1, 0.15) is 0 Å². The Labute approximate surface area is 90.6 Å². The van der Waals surface area contributed by atoms with E-state index in [1.165, 1.54) is 12.5 Å². The zero-order valence-corrected chi connectivity index (χ0v) is 8.98. The first-order chi connectivity index (χ1) is 7.29. The van der Waals surface area contributed by atoms with Gasteiger partial charge in [-0.1, -0.05) is 42.5 Å². The summed E-state index contributed by atoms with van der Waals surface area (Å²) in [5.74, 6) is -0.206. The third kappa shape index (κ3) is 5.68. The maximum absolute atomic E-state index is 10.5. The average Bonchev–Trinajstić information content (AvgIpc) is 2.24. The predicted molar refractivity (Wildman–Crippen MR) is 61.3 cm³/mol. The lowest BCUT2D eigenvalue weighted by atomic mass is 10.2. The minimum atomic E-state index is -0.206. The van der Waals surface area contributed by atoms with Gasteiger partial charge >= 0.3 is 5.97 Å². The molecule has 2 nitrogen and oxygen atoms in total. The second-order valence-corrected chi connectivity index (χ2v) is 3.30. The van der Waals surface area contributed by atoms with Crippen molar-refractivity contribution in [3.63, 3.8) is 0 Å². The molecule has 1 aromatic carbocycles. The molecule has 0 spiro atoms. The molecule has 0 fully saturated rings. The van der Waals surface area contributed by atoms with Gasteiger partial charge in [-0.2, -0.15) is 0 Å². The Bertz CT molecular complexity index is 315. The van der Waals surface area contributed by atoms with Gasteiger partial charge in [-0.05, 0) is 18.4 Å². The minimum Gasteiger partial charge on any atom is -0.466 e. The molecule has 0 amide bonds. The zero-order valence-electron chi connectivity index (χ0n) is 8.98. The van der Waals surface area contributed by atoms with Gasteiger partial charge in [0.2, 0.25) is 0 Å². The van der Waals surface area contributed by atoms with Crippen molar-refractivity contribution >= 4 is 12.0 Å². The van der Waals surface area contributed by atoms with Crippen LogP contribution in [0.1, 0.15) is 25.3 Å². The van der Waals surface area contributed by atoms with E-state index in [2.05, 4.69) is 24.3 Å². The van der Waals surface area contributed by atoms with Crippen molar-refractivity contribution in [2.24, 2.45) is 0 Å². The van der Waals surface area contributed by atoms with Crippen LogP contribution in [-0.2, 0) is 9.53 Å². The summed E-state index contributed by atoms with van der Waals surface area (Å²) in [5.41, 5.74) is 1.20. The normalized spacial score (nSPS) is 10.5. The Balaban J connectivity index is 2.15. The number of carbonyl (C=O) groups excluding carboxylic acids is 1. The molecule has 1 aromatic rings. The Kier molecular flexibility index (Phi) is 5.23. The molecule has 1 rings (SSSR count). The molecular formula is C13H16O2. The topological polar surface area (TPSA) is 26.3 Å². The molecule has 0 atom stereocenters. The molecule has 0 saturated carbocycles. The molecule has 0 N–H and O–H groups in total. The number of esters is 1. The van der Waals surface area contributed by atoms with E-state index >= 15 is 0 Å². The zero-order chi connectivity index (χ0) is 10.9. The standard InChI is InChI=1S/C13H16O2/c1-12(14)15-11-7-3-6-10-13-8-4-2-5-9-13/h2,4-6,8-10H,3,7,11H2,1H3. The van der Waals surface area contributed by atoms with E-state index < -0.39 is 0 Å². The summed E-state index contributed by atoms with van der Waals surface area (Å²) < 4.78 is 4.82. The van der Waals surface area contributed by atoms with Crippen LogP contribution in [0.15, 0.2) is 36.4 Å². The molecule has 2 heteroatoms. The Hall–Kier alpha value is -1.57. The van der Waals surface area contributed by atoms with Gasteiger partial charge in [0.15, 0.2) is 0 Å². The molecule has 15 heavy (non-hydrogen) atoms. The summed E-state index contributed by atoms with van der Waals surface area (Å²) >= 11 is 0. The van der Waals surface area contributed by atoms with Crippen LogP contribution in [0.2, 0.25) is 0 Å². The Morgan fingerprint density at radius 3 is 2.73 bits per heavy atom. The van der Waals surface area contributed by atoms with E-state index in [4.69, 9.17) is 4.74 Å². The maximum Gasteiger partial charge on any atom is 0.302 e. The number of ether oxygens (including phenoxy) is 1. The highest BCUT2D eigenvalue weighted by atomic mass is 16.5. The van der Waals surface area contributed by atoms with Crippen LogP contribution < -0.4 is 0 Å². The Morgan fingerprint density at radius 2 is 2.07 bits per heavy atom. The molecule has 0 aliphatic rings. The van der Waals surface area contributed by atoms with E-state index in [0.29, 0.717) is 6.61 Å².